The Morgan fingerprint density at radius 1 is 1.50 bits per heavy atom. The lowest BCUT2D eigenvalue weighted by atomic mass is 10.0. The SMILES string of the molecule is Cc1ccc(F)c(C(=O)NCC2CCCC2N)c1. The van der Waals surface area contributed by atoms with Gasteiger partial charge in [0.05, 0.1) is 5.56 Å². The maximum Gasteiger partial charge on any atom is 0.254 e. The van der Waals surface area contributed by atoms with E-state index in [9.17, 15) is 9.18 Å². The summed E-state index contributed by atoms with van der Waals surface area (Å²) in [4.78, 5) is 11.9. The van der Waals surface area contributed by atoms with Crippen LogP contribution in [-0.4, -0.2) is 18.5 Å². The minimum absolute atomic E-state index is 0.113. The fourth-order valence-corrected chi connectivity index (χ4v) is 2.45. The molecule has 0 aliphatic heterocycles. The van der Waals surface area contributed by atoms with Crippen molar-refractivity contribution >= 4 is 5.91 Å². The van der Waals surface area contributed by atoms with E-state index >= 15 is 0 Å². The van der Waals surface area contributed by atoms with Gasteiger partial charge in [0.25, 0.3) is 5.91 Å². The number of benzene rings is 1. The van der Waals surface area contributed by atoms with E-state index in [1.54, 1.807) is 12.1 Å². The smallest absolute Gasteiger partial charge is 0.254 e. The van der Waals surface area contributed by atoms with Gasteiger partial charge in [0.1, 0.15) is 5.82 Å². The van der Waals surface area contributed by atoms with Crippen LogP contribution in [0.4, 0.5) is 4.39 Å². The Bertz CT molecular complexity index is 447. The monoisotopic (exact) mass is 250 g/mol. The summed E-state index contributed by atoms with van der Waals surface area (Å²) in [6.45, 7) is 2.37. The molecule has 4 heteroatoms. The van der Waals surface area contributed by atoms with E-state index in [1.165, 1.54) is 6.07 Å². The molecule has 2 unspecified atom stereocenters. The van der Waals surface area contributed by atoms with E-state index in [-0.39, 0.29) is 17.5 Å². The highest BCUT2D eigenvalue weighted by molar-refractivity contribution is 5.94. The fraction of sp³-hybridized carbons (Fsp3) is 0.500. The van der Waals surface area contributed by atoms with Crippen LogP contribution in [0, 0.1) is 18.7 Å². The number of nitrogens with two attached hydrogens (primary N) is 1. The van der Waals surface area contributed by atoms with Gasteiger partial charge >= 0.3 is 0 Å². The molecule has 1 fully saturated rings. The van der Waals surface area contributed by atoms with Crippen molar-refractivity contribution in [2.24, 2.45) is 11.7 Å². The van der Waals surface area contributed by atoms with Crippen molar-refractivity contribution in [2.45, 2.75) is 32.2 Å². The molecule has 1 aromatic carbocycles. The number of amides is 1. The molecule has 0 aromatic heterocycles. The molecular weight excluding hydrogens is 231 g/mol. The van der Waals surface area contributed by atoms with Gasteiger partial charge in [0.2, 0.25) is 0 Å². The van der Waals surface area contributed by atoms with Crippen molar-refractivity contribution in [1.82, 2.24) is 5.32 Å². The molecule has 3 nitrogen and oxygen atoms in total. The van der Waals surface area contributed by atoms with Crippen molar-refractivity contribution in [2.75, 3.05) is 6.54 Å². The van der Waals surface area contributed by atoms with E-state index in [1.807, 2.05) is 6.92 Å². The molecule has 2 atom stereocenters. The Balaban J connectivity index is 1.97. The molecule has 0 bridgehead atoms. The van der Waals surface area contributed by atoms with Crippen molar-refractivity contribution in [3.63, 3.8) is 0 Å². The molecule has 1 saturated carbocycles. The number of halogens is 1. The van der Waals surface area contributed by atoms with E-state index < -0.39 is 5.82 Å². The van der Waals surface area contributed by atoms with Gasteiger partial charge in [-0.05, 0) is 37.8 Å². The number of hydrogen-bond donors (Lipinski definition) is 2. The Labute approximate surface area is 107 Å². The maximum atomic E-state index is 13.5. The highest BCUT2D eigenvalue weighted by atomic mass is 19.1. The molecule has 18 heavy (non-hydrogen) atoms. The molecule has 1 amide bonds. The third kappa shape index (κ3) is 2.88. The summed E-state index contributed by atoms with van der Waals surface area (Å²) in [5.41, 5.74) is 6.92. The zero-order valence-corrected chi connectivity index (χ0v) is 10.6. The molecule has 1 aliphatic rings. The zero-order chi connectivity index (χ0) is 13.1. The van der Waals surface area contributed by atoms with Gasteiger partial charge in [0, 0.05) is 12.6 Å². The topological polar surface area (TPSA) is 55.1 Å². The third-order valence-electron chi connectivity index (χ3n) is 3.61. The molecule has 98 valence electrons. The Kier molecular flexibility index (Phi) is 3.97. The van der Waals surface area contributed by atoms with E-state index in [0.29, 0.717) is 12.5 Å². The highest BCUT2D eigenvalue weighted by Crippen LogP contribution is 2.23. The average molecular weight is 250 g/mol. The van der Waals surface area contributed by atoms with Crippen molar-refractivity contribution in [3.05, 3.63) is 35.1 Å². The third-order valence-corrected chi connectivity index (χ3v) is 3.61. The van der Waals surface area contributed by atoms with Gasteiger partial charge in [-0.3, -0.25) is 4.79 Å². The minimum atomic E-state index is -0.478. The first-order valence-electron chi connectivity index (χ1n) is 6.38. The van der Waals surface area contributed by atoms with Crippen LogP contribution >= 0.6 is 0 Å². The van der Waals surface area contributed by atoms with Crippen molar-refractivity contribution in [1.29, 1.82) is 0 Å². The molecule has 1 aromatic rings. The van der Waals surface area contributed by atoms with Crippen LogP contribution in [0.5, 0.6) is 0 Å². The van der Waals surface area contributed by atoms with Gasteiger partial charge < -0.3 is 11.1 Å². The average Bonchev–Trinajstić information content (AvgIpc) is 2.75. The summed E-state index contributed by atoms with van der Waals surface area (Å²) in [5.74, 6) is -0.508. The first kappa shape index (κ1) is 13.0. The number of aryl methyl sites for hydroxylation is 1. The lowest BCUT2D eigenvalue weighted by Crippen LogP contribution is -2.36. The second-order valence-corrected chi connectivity index (χ2v) is 5.05. The molecule has 0 heterocycles. The van der Waals surface area contributed by atoms with E-state index in [4.69, 9.17) is 5.73 Å². The summed E-state index contributed by atoms with van der Waals surface area (Å²) < 4.78 is 13.5. The van der Waals surface area contributed by atoms with Gasteiger partial charge in [-0.25, -0.2) is 4.39 Å². The zero-order valence-electron chi connectivity index (χ0n) is 10.6. The van der Waals surface area contributed by atoms with Gasteiger partial charge in [-0.15, -0.1) is 0 Å². The number of nitrogens with one attached hydrogen (secondary N) is 1. The van der Waals surface area contributed by atoms with Crippen LogP contribution in [0.15, 0.2) is 18.2 Å². The van der Waals surface area contributed by atoms with Crippen LogP contribution in [0.2, 0.25) is 0 Å². The van der Waals surface area contributed by atoms with Gasteiger partial charge in [0.15, 0.2) is 0 Å². The number of carbonyl (C=O) groups is 1. The molecule has 0 saturated heterocycles. The summed E-state index contributed by atoms with van der Waals surface area (Å²) in [7, 11) is 0. The van der Waals surface area contributed by atoms with Crippen molar-refractivity contribution in [3.8, 4) is 0 Å². The van der Waals surface area contributed by atoms with E-state index in [2.05, 4.69) is 5.32 Å². The molecule has 3 N–H and O–H groups in total. The number of hydrogen-bond acceptors (Lipinski definition) is 2. The van der Waals surface area contributed by atoms with Crippen LogP contribution in [-0.2, 0) is 0 Å². The maximum absolute atomic E-state index is 13.5. The van der Waals surface area contributed by atoms with Crippen LogP contribution in [0.25, 0.3) is 0 Å². The lowest BCUT2D eigenvalue weighted by Gasteiger charge is -2.16. The van der Waals surface area contributed by atoms with Gasteiger partial charge in [-0.2, -0.15) is 0 Å². The predicted octanol–water partition coefficient (Wildman–Crippen LogP) is 1.99. The van der Waals surface area contributed by atoms with Crippen LogP contribution in [0.1, 0.15) is 35.2 Å². The second kappa shape index (κ2) is 5.48. The predicted molar refractivity (Wildman–Crippen MR) is 68.8 cm³/mol. The second-order valence-electron chi connectivity index (χ2n) is 5.05. The molecular formula is C14H19FN2O. The van der Waals surface area contributed by atoms with Crippen molar-refractivity contribution < 1.29 is 9.18 Å². The highest BCUT2D eigenvalue weighted by Gasteiger charge is 2.24. The summed E-state index contributed by atoms with van der Waals surface area (Å²) in [5, 5.41) is 2.78. The first-order valence-corrected chi connectivity index (χ1v) is 6.38. The standard InChI is InChI=1S/C14H19FN2O/c1-9-5-6-12(15)11(7-9)14(18)17-8-10-3-2-4-13(10)16/h5-7,10,13H,2-4,8,16H2,1H3,(H,17,18). The summed E-state index contributed by atoms with van der Waals surface area (Å²) in [6.07, 6.45) is 3.16. The number of carbonyl (C=O) groups excluding carboxylic acids is 1. The van der Waals surface area contributed by atoms with Crippen LogP contribution < -0.4 is 11.1 Å². The Morgan fingerprint density at radius 3 is 2.94 bits per heavy atom. The Morgan fingerprint density at radius 2 is 2.28 bits per heavy atom. The Hall–Kier alpha value is -1.42. The quantitative estimate of drug-likeness (QED) is 0.862. The normalized spacial score (nSPS) is 23.1. The molecule has 1 aliphatic carbocycles. The molecule has 0 spiro atoms. The summed E-state index contributed by atoms with van der Waals surface area (Å²) in [6, 6.07) is 4.71. The summed E-state index contributed by atoms with van der Waals surface area (Å²) >= 11 is 0. The fourth-order valence-electron chi connectivity index (χ4n) is 2.45. The minimum Gasteiger partial charge on any atom is -0.352 e. The first-order chi connectivity index (χ1) is 8.58. The van der Waals surface area contributed by atoms with Crippen LogP contribution in [0.3, 0.4) is 0 Å². The molecule has 2 rings (SSSR count). The number of rotatable bonds is 3. The largest absolute Gasteiger partial charge is 0.352 e. The lowest BCUT2D eigenvalue weighted by molar-refractivity contribution is 0.0942. The van der Waals surface area contributed by atoms with E-state index in [0.717, 1.165) is 24.8 Å². The molecule has 0 radical (unpaired) electrons. The van der Waals surface area contributed by atoms with Gasteiger partial charge in [-0.1, -0.05) is 18.1 Å².